The van der Waals surface area contributed by atoms with E-state index in [0.717, 1.165) is 0 Å². The van der Waals surface area contributed by atoms with Crippen LogP contribution in [0.2, 0.25) is 0 Å². The maximum absolute atomic E-state index is 10.2. The van der Waals surface area contributed by atoms with Crippen LogP contribution >= 0.6 is 0 Å². The minimum absolute atomic E-state index is 0. The van der Waals surface area contributed by atoms with Crippen molar-refractivity contribution in [3.05, 3.63) is 0 Å². The van der Waals surface area contributed by atoms with Gasteiger partial charge in [0.25, 0.3) is 0 Å². The standard InChI is InChI=1S/C5H10O2.Ni/c1-3-5(6)7-4-2;/h3-4H2,1-2H3;. The number of hydrogen-bond donors (Lipinski definition) is 0. The zero-order valence-electron chi connectivity index (χ0n) is 5.05. The Morgan fingerprint density at radius 3 is 2.12 bits per heavy atom. The summed E-state index contributed by atoms with van der Waals surface area (Å²) in [5.74, 6) is -0.123. The average Bonchev–Trinajstić information content (AvgIpc) is 1.68. The van der Waals surface area contributed by atoms with E-state index in [1.165, 1.54) is 0 Å². The Morgan fingerprint density at radius 2 is 2.00 bits per heavy atom. The van der Waals surface area contributed by atoms with Crippen LogP contribution < -0.4 is 0 Å². The van der Waals surface area contributed by atoms with Gasteiger partial charge >= 0.3 is 5.97 Å². The van der Waals surface area contributed by atoms with Gasteiger partial charge in [0, 0.05) is 22.9 Å². The van der Waals surface area contributed by atoms with E-state index < -0.39 is 0 Å². The van der Waals surface area contributed by atoms with E-state index in [-0.39, 0.29) is 22.5 Å². The van der Waals surface area contributed by atoms with E-state index in [4.69, 9.17) is 0 Å². The number of rotatable bonds is 2. The molecule has 0 N–H and O–H groups in total. The molecule has 0 aliphatic rings. The van der Waals surface area contributed by atoms with E-state index in [1.54, 1.807) is 13.8 Å². The van der Waals surface area contributed by atoms with Gasteiger partial charge in [0.05, 0.1) is 6.61 Å². The maximum Gasteiger partial charge on any atom is 0.305 e. The summed E-state index contributed by atoms with van der Waals surface area (Å²) in [6, 6.07) is 0. The van der Waals surface area contributed by atoms with Crippen molar-refractivity contribution in [2.24, 2.45) is 0 Å². The Morgan fingerprint density at radius 1 is 1.50 bits per heavy atom. The van der Waals surface area contributed by atoms with E-state index >= 15 is 0 Å². The fourth-order valence-electron chi connectivity index (χ4n) is 0.263. The predicted molar refractivity (Wildman–Crippen MR) is 26.9 cm³/mol. The normalized spacial score (nSPS) is 7.25. The molecular weight excluding hydrogens is 151 g/mol. The van der Waals surface area contributed by atoms with Crippen molar-refractivity contribution in [1.29, 1.82) is 0 Å². The molecule has 0 saturated heterocycles. The summed E-state index contributed by atoms with van der Waals surface area (Å²) in [7, 11) is 0. The van der Waals surface area contributed by atoms with Crippen LogP contribution in [-0.2, 0) is 26.0 Å². The topological polar surface area (TPSA) is 26.3 Å². The van der Waals surface area contributed by atoms with Crippen molar-refractivity contribution in [1.82, 2.24) is 0 Å². The van der Waals surface area contributed by atoms with Crippen LogP contribution in [-0.4, -0.2) is 12.6 Å². The molecule has 0 heterocycles. The third-order valence-corrected chi connectivity index (χ3v) is 0.594. The van der Waals surface area contributed by atoms with Crippen molar-refractivity contribution in [3.8, 4) is 0 Å². The first-order valence-electron chi connectivity index (χ1n) is 2.46. The van der Waals surface area contributed by atoms with Crippen molar-refractivity contribution in [2.45, 2.75) is 20.3 Å². The van der Waals surface area contributed by atoms with Crippen LogP contribution in [0.15, 0.2) is 0 Å². The van der Waals surface area contributed by atoms with Crippen LogP contribution in [0.1, 0.15) is 20.3 Å². The smallest absolute Gasteiger partial charge is 0.305 e. The fourth-order valence-corrected chi connectivity index (χ4v) is 0.263. The van der Waals surface area contributed by atoms with Gasteiger partial charge < -0.3 is 4.74 Å². The molecule has 0 radical (unpaired) electrons. The molecule has 8 heavy (non-hydrogen) atoms. The third-order valence-electron chi connectivity index (χ3n) is 0.594. The van der Waals surface area contributed by atoms with Crippen molar-refractivity contribution >= 4 is 5.97 Å². The van der Waals surface area contributed by atoms with Gasteiger partial charge in [-0.2, -0.15) is 0 Å². The zero-order valence-corrected chi connectivity index (χ0v) is 6.03. The summed E-state index contributed by atoms with van der Waals surface area (Å²) >= 11 is 0. The van der Waals surface area contributed by atoms with Crippen LogP contribution in [0, 0.1) is 0 Å². The minimum Gasteiger partial charge on any atom is -0.466 e. The van der Waals surface area contributed by atoms with Gasteiger partial charge in [-0.05, 0) is 6.92 Å². The molecule has 0 aromatic rings. The molecule has 0 aliphatic carbocycles. The number of hydrogen-bond acceptors (Lipinski definition) is 2. The molecule has 0 bridgehead atoms. The number of esters is 1. The zero-order chi connectivity index (χ0) is 5.70. The molecule has 2 nitrogen and oxygen atoms in total. The molecule has 0 amide bonds. The summed E-state index contributed by atoms with van der Waals surface area (Å²) in [6.07, 6.45) is 0.480. The molecule has 0 unspecified atom stereocenters. The Kier molecular flexibility index (Phi) is 9.45. The third kappa shape index (κ3) is 5.96. The molecule has 0 aromatic carbocycles. The van der Waals surface area contributed by atoms with E-state index in [9.17, 15) is 4.79 Å². The van der Waals surface area contributed by atoms with Crippen LogP contribution in [0.25, 0.3) is 0 Å². The molecule has 3 heteroatoms. The first kappa shape index (κ1) is 10.9. The maximum atomic E-state index is 10.2. The number of carbonyl (C=O) groups excluding carboxylic acids is 1. The Balaban J connectivity index is 0. The van der Waals surface area contributed by atoms with E-state index in [0.29, 0.717) is 13.0 Å². The van der Waals surface area contributed by atoms with Crippen molar-refractivity contribution in [2.75, 3.05) is 6.61 Å². The van der Waals surface area contributed by atoms with Crippen LogP contribution in [0.3, 0.4) is 0 Å². The van der Waals surface area contributed by atoms with Gasteiger partial charge in [-0.3, -0.25) is 4.79 Å². The van der Waals surface area contributed by atoms with Crippen molar-refractivity contribution in [3.63, 3.8) is 0 Å². The van der Waals surface area contributed by atoms with Gasteiger partial charge in [0.2, 0.25) is 0 Å². The second-order valence-electron chi connectivity index (χ2n) is 1.16. The number of carbonyl (C=O) groups is 1. The largest absolute Gasteiger partial charge is 0.466 e. The molecular formula is C5H10NiO2. The molecule has 52 valence electrons. The monoisotopic (exact) mass is 160 g/mol. The average molecular weight is 161 g/mol. The van der Waals surface area contributed by atoms with Gasteiger partial charge in [-0.15, -0.1) is 0 Å². The molecule has 0 aliphatic heterocycles. The summed E-state index contributed by atoms with van der Waals surface area (Å²) < 4.78 is 4.55. The minimum atomic E-state index is -0.123. The van der Waals surface area contributed by atoms with Crippen LogP contribution in [0.5, 0.6) is 0 Å². The summed E-state index contributed by atoms with van der Waals surface area (Å²) in [5.41, 5.74) is 0. The Labute approximate surface area is 59.5 Å². The Bertz CT molecular complexity index is 63.4. The molecule has 0 saturated carbocycles. The molecule has 0 atom stereocenters. The molecule has 0 rings (SSSR count). The molecule has 0 aromatic heterocycles. The Hall–Kier alpha value is -0.0365. The van der Waals surface area contributed by atoms with E-state index in [2.05, 4.69) is 4.74 Å². The SMILES string of the molecule is CCOC(=O)CC.[Ni]. The van der Waals surface area contributed by atoms with Gasteiger partial charge in [-0.25, -0.2) is 0 Å². The second kappa shape index (κ2) is 6.96. The van der Waals surface area contributed by atoms with Crippen molar-refractivity contribution < 1.29 is 26.0 Å². The summed E-state index contributed by atoms with van der Waals surface area (Å²) in [6.45, 7) is 4.07. The van der Waals surface area contributed by atoms with Gasteiger partial charge in [0.1, 0.15) is 0 Å². The summed E-state index contributed by atoms with van der Waals surface area (Å²) in [5, 5.41) is 0. The second-order valence-corrected chi connectivity index (χ2v) is 1.16. The van der Waals surface area contributed by atoms with E-state index in [1.807, 2.05) is 0 Å². The number of ether oxygens (including phenoxy) is 1. The van der Waals surface area contributed by atoms with Gasteiger partial charge in [0.15, 0.2) is 0 Å². The predicted octanol–water partition coefficient (Wildman–Crippen LogP) is 0.957. The first-order chi connectivity index (χ1) is 3.31. The molecule has 0 spiro atoms. The van der Waals surface area contributed by atoms with Crippen LogP contribution in [0.4, 0.5) is 0 Å². The quantitative estimate of drug-likeness (QED) is 0.445. The first-order valence-corrected chi connectivity index (χ1v) is 2.46. The fraction of sp³-hybridized carbons (Fsp3) is 0.800. The molecule has 0 fully saturated rings. The van der Waals surface area contributed by atoms with Gasteiger partial charge in [-0.1, -0.05) is 6.92 Å². The summed E-state index contributed by atoms with van der Waals surface area (Å²) in [4.78, 5) is 10.2.